The minimum atomic E-state index is -1.15. The Bertz CT molecular complexity index is 1930. The Morgan fingerprint density at radius 2 is 1.69 bits per heavy atom. The van der Waals surface area contributed by atoms with Crippen LogP contribution in [0.15, 0.2) is 91.1 Å². The highest BCUT2D eigenvalue weighted by atomic mass is 16.6. The van der Waals surface area contributed by atoms with Gasteiger partial charge in [0.05, 0.1) is 12.1 Å². The van der Waals surface area contributed by atoms with Crippen molar-refractivity contribution in [2.24, 2.45) is 5.92 Å². The van der Waals surface area contributed by atoms with Crippen LogP contribution in [0.1, 0.15) is 43.4 Å². The maximum atomic E-state index is 14.4. The maximum absolute atomic E-state index is 14.4. The Balaban J connectivity index is 1.24. The van der Waals surface area contributed by atoms with Crippen LogP contribution in [0.25, 0.3) is 10.9 Å². The molecule has 0 spiro atoms. The lowest BCUT2D eigenvalue weighted by Gasteiger charge is -2.52. The summed E-state index contributed by atoms with van der Waals surface area (Å²) in [5.74, 6) is -1.39. The van der Waals surface area contributed by atoms with Gasteiger partial charge in [0.2, 0.25) is 11.8 Å². The summed E-state index contributed by atoms with van der Waals surface area (Å²) in [6.45, 7) is 4.59. The second-order valence-corrected chi connectivity index (χ2v) is 13.5. The molecule has 0 saturated carbocycles. The van der Waals surface area contributed by atoms with Gasteiger partial charge in [-0.1, -0.05) is 80.6 Å². The van der Waals surface area contributed by atoms with Crippen molar-refractivity contribution in [3.63, 3.8) is 0 Å². The predicted molar refractivity (Wildman–Crippen MR) is 192 cm³/mol. The number of carboxylic acid groups (broad SMARTS) is 1. The van der Waals surface area contributed by atoms with Gasteiger partial charge >= 0.3 is 18.1 Å². The highest BCUT2D eigenvalue weighted by molar-refractivity contribution is 5.92. The Kier molecular flexibility index (Phi) is 11.0. The normalized spacial score (nSPS) is 17.9. The fraction of sp³-hybridized carbons (Fsp3) is 0.333. The Morgan fingerprint density at radius 1 is 0.942 bits per heavy atom. The topological polar surface area (TPSA) is 161 Å². The minimum Gasteiger partial charge on any atom is -0.480 e. The molecular formula is C39H42N6O7. The number of carbonyl (C=O) groups is 5. The Morgan fingerprint density at radius 3 is 2.42 bits per heavy atom. The van der Waals surface area contributed by atoms with Crippen molar-refractivity contribution in [3.05, 3.63) is 108 Å². The number of fused-ring (bicyclic) bond motifs is 2. The van der Waals surface area contributed by atoms with E-state index in [4.69, 9.17) is 4.74 Å². The molecule has 3 N–H and O–H groups in total. The van der Waals surface area contributed by atoms with Gasteiger partial charge in [-0.2, -0.15) is 0 Å². The van der Waals surface area contributed by atoms with Crippen LogP contribution in [0, 0.1) is 5.92 Å². The number of carboxylic acids is 1. The first kappa shape index (κ1) is 35.8. The van der Waals surface area contributed by atoms with Crippen molar-refractivity contribution in [1.82, 2.24) is 30.3 Å². The number of aliphatic carboxylic acids is 1. The van der Waals surface area contributed by atoms with Gasteiger partial charge in [-0.3, -0.25) is 14.6 Å². The number of aromatic nitrogens is 1. The number of pyridine rings is 1. The van der Waals surface area contributed by atoms with E-state index >= 15 is 0 Å². The number of amides is 5. The van der Waals surface area contributed by atoms with Gasteiger partial charge < -0.3 is 35.2 Å². The van der Waals surface area contributed by atoms with Crippen molar-refractivity contribution < 1.29 is 33.8 Å². The lowest BCUT2D eigenvalue weighted by Crippen LogP contribution is -2.72. The van der Waals surface area contributed by atoms with Crippen molar-refractivity contribution in [2.45, 2.75) is 64.4 Å². The average molecular weight is 707 g/mol. The predicted octanol–water partition coefficient (Wildman–Crippen LogP) is 4.55. The average Bonchev–Trinajstić information content (AvgIpc) is 3.13. The summed E-state index contributed by atoms with van der Waals surface area (Å²) in [5, 5.41) is 15.8. The lowest BCUT2D eigenvalue weighted by atomic mass is 9.97. The zero-order valence-electron chi connectivity index (χ0n) is 29.1. The van der Waals surface area contributed by atoms with Crippen LogP contribution in [0.5, 0.6) is 5.75 Å². The molecule has 270 valence electrons. The van der Waals surface area contributed by atoms with Crippen molar-refractivity contribution >= 4 is 40.8 Å². The number of urea groups is 1. The molecule has 2 aliphatic heterocycles. The number of nitrogens with zero attached hydrogens (tertiary/aromatic N) is 4. The van der Waals surface area contributed by atoms with Crippen LogP contribution in [-0.2, 0) is 33.9 Å². The number of nitrogens with one attached hydrogen (secondary N) is 2. The monoisotopic (exact) mass is 706 g/mol. The smallest absolute Gasteiger partial charge is 0.413 e. The molecule has 13 nitrogen and oxygen atoms in total. The first-order valence-corrected chi connectivity index (χ1v) is 17.4. The molecule has 4 aromatic rings. The molecule has 2 aliphatic rings. The molecule has 5 amide bonds. The standard InChI is InChI=1S/C39H42N6O7/c1-25(2)20-31(37(48)49)42-39(51)52-30-15-13-26(14-16-30)21-32-36(47)43(23-29-11-6-10-28-12-7-18-40-35(28)29)24-33-44(19-17-34(46)45(32)33)38(50)41-22-27-8-4-3-5-9-27/h3-16,18,25,31-33H,17,19-24H2,1-2H3,(H,41,50)(H,42,51)(H,48,49)/t31?,32-,33?/m0/s1. The molecule has 52 heavy (non-hydrogen) atoms. The summed E-state index contributed by atoms with van der Waals surface area (Å²) in [4.78, 5) is 75.2. The van der Waals surface area contributed by atoms with Gasteiger partial charge in [0.1, 0.15) is 24.0 Å². The minimum absolute atomic E-state index is 0.0462. The highest BCUT2D eigenvalue weighted by Gasteiger charge is 2.48. The molecule has 2 saturated heterocycles. The summed E-state index contributed by atoms with van der Waals surface area (Å²) in [6.07, 6.45) is 0.570. The third kappa shape index (κ3) is 8.31. The van der Waals surface area contributed by atoms with E-state index in [1.54, 1.807) is 45.2 Å². The zero-order valence-corrected chi connectivity index (χ0v) is 29.1. The first-order chi connectivity index (χ1) is 25.1. The Labute approximate surface area is 301 Å². The number of hydrogen-bond acceptors (Lipinski definition) is 7. The second-order valence-electron chi connectivity index (χ2n) is 13.5. The number of carbonyl (C=O) groups excluding carboxylic acids is 4. The summed E-state index contributed by atoms with van der Waals surface area (Å²) in [7, 11) is 0. The molecule has 3 atom stereocenters. The van der Waals surface area contributed by atoms with Gasteiger partial charge in [-0.25, -0.2) is 14.4 Å². The molecular weight excluding hydrogens is 664 g/mol. The van der Waals surface area contributed by atoms with Gasteiger partial charge in [0.15, 0.2) is 0 Å². The highest BCUT2D eigenvalue weighted by Crippen LogP contribution is 2.30. The van der Waals surface area contributed by atoms with Crippen molar-refractivity contribution in [1.29, 1.82) is 0 Å². The summed E-state index contributed by atoms with van der Waals surface area (Å²) >= 11 is 0. The summed E-state index contributed by atoms with van der Waals surface area (Å²) in [6, 6.07) is 23.3. The van der Waals surface area contributed by atoms with Gasteiger partial charge in [-0.15, -0.1) is 0 Å². The molecule has 2 fully saturated rings. The molecule has 3 aromatic carbocycles. The largest absolute Gasteiger partial charge is 0.480 e. The van der Waals surface area contributed by atoms with Crippen LogP contribution in [0.2, 0.25) is 0 Å². The number of piperazine rings is 1. The molecule has 13 heteroatoms. The van der Waals surface area contributed by atoms with E-state index < -0.39 is 30.3 Å². The van der Waals surface area contributed by atoms with E-state index in [2.05, 4.69) is 15.6 Å². The number of para-hydroxylation sites is 1. The fourth-order valence-electron chi connectivity index (χ4n) is 6.82. The van der Waals surface area contributed by atoms with Crippen LogP contribution in [0.3, 0.4) is 0 Å². The molecule has 0 bridgehead atoms. The van der Waals surface area contributed by atoms with Crippen LogP contribution in [0.4, 0.5) is 9.59 Å². The maximum Gasteiger partial charge on any atom is 0.413 e. The van der Waals surface area contributed by atoms with Gasteiger partial charge in [-0.05, 0) is 47.2 Å². The molecule has 0 radical (unpaired) electrons. The summed E-state index contributed by atoms with van der Waals surface area (Å²) in [5.41, 5.74) is 3.25. The first-order valence-electron chi connectivity index (χ1n) is 17.4. The van der Waals surface area contributed by atoms with E-state index in [-0.39, 0.29) is 68.4 Å². The molecule has 3 heterocycles. The third-order valence-corrected chi connectivity index (χ3v) is 9.34. The SMILES string of the molecule is CC(C)CC(NC(=O)Oc1ccc(C[C@H]2C(=O)N(Cc3cccc4cccnc34)CC3N(C(=O)NCc4ccccc4)CCC(=O)N32)cc1)C(=O)O. The van der Waals surface area contributed by atoms with E-state index in [0.29, 0.717) is 12.1 Å². The molecule has 6 rings (SSSR count). The quantitative estimate of drug-likeness (QED) is 0.205. The van der Waals surface area contributed by atoms with Crippen LogP contribution in [-0.4, -0.2) is 86.0 Å². The van der Waals surface area contributed by atoms with E-state index in [9.17, 15) is 29.1 Å². The number of rotatable bonds is 11. The zero-order chi connectivity index (χ0) is 36.8. The van der Waals surface area contributed by atoms with Crippen molar-refractivity contribution in [2.75, 3.05) is 13.1 Å². The van der Waals surface area contributed by atoms with Gasteiger partial charge in [0, 0.05) is 44.1 Å². The number of hydrogen-bond donors (Lipinski definition) is 3. The molecule has 1 aromatic heterocycles. The van der Waals surface area contributed by atoms with Crippen molar-refractivity contribution in [3.8, 4) is 5.75 Å². The second kappa shape index (κ2) is 15.9. The number of ether oxygens (including phenoxy) is 1. The van der Waals surface area contributed by atoms with E-state index in [1.807, 2.05) is 74.5 Å². The molecule has 0 aliphatic carbocycles. The lowest BCUT2D eigenvalue weighted by molar-refractivity contribution is -0.167. The van der Waals surface area contributed by atoms with Crippen LogP contribution < -0.4 is 15.4 Å². The van der Waals surface area contributed by atoms with E-state index in [1.165, 1.54) is 0 Å². The Hall–Kier alpha value is -5.98. The number of benzene rings is 3. The summed E-state index contributed by atoms with van der Waals surface area (Å²) < 4.78 is 5.35. The third-order valence-electron chi connectivity index (χ3n) is 9.34. The van der Waals surface area contributed by atoms with Crippen LogP contribution >= 0.6 is 0 Å². The fourth-order valence-corrected chi connectivity index (χ4v) is 6.82. The van der Waals surface area contributed by atoms with Gasteiger partial charge in [0.25, 0.3) is 0 Å². The van der Waals surface area contributed by atoms with E-state index in [0.717, 1.165) is 22.0 Å². The molecule has 2 unspecified atom stereocenters.